The van der Waals surface area contributed by atoms with Crippen molar-refractivity contribution in [1.29, 1.82) is 0 Å². The summed E-state index contributed by atoms with van der Waals surface area (Å²) in [7, 11) is 0. The first-order chi connectivity index (χ1) is 14.2. The summed E-state index contributed by atoms with van der Waals surface area (Å²) in [4.78, 5) is 18.4. The molecule has 0 bridgehead atoms. The number of nitrogens with zero attached hydrogens (tertiary/aromatic N) is 5. The van der Waals surface area contributed by atoms with Gasteiger partial charge in [0.1, 0.15) is 17.4 Å². The molecule has 1 saturated heterocycles. The van der Waals surface area contributed by atoms with E-state index < -0.39 is 0 Å². The van der Waals surface area contributed by atoms with E-state index in [1.165, 1.54) is 0 Å². The van der Waals surface area contributed by atoms with Crippen LogP contribution in [0.4, 0.5) is 23.3 Å². The Labute approximate surface area is 171 Å². The molecule has 4 rings (SSSR count). The lowest BCUT2D eigenvalue weighted by molar-refractivity contribution is 0.342. The Bertz CT molecular complexity index is 941. The Morgan fingerprint density at radius 1 is 0.966 bits per heavy atom. The third-order valence-electron chi connectivity index (χ3n) is 4.83. The largest absolute Gasteiger partial charge is 0.492 e. The second kappa shape index (κ2) is 8.77. The minimum atomic E-state index is 0.618. The second-order valence-corrected chi connectivity index (χ2v) is 6.91. The van der Waals surface area contributed by atoms with Crippen molar-refractivity contribution < 1.29 is 4.74 Å². The smallest absolute Gasteiger partial charge is 0.227 e. The van der Waals surface area contributed by atoms with Crippen LogP contribution in [0.3, 0.4) is 0 Å². The fourth-order valence-electron chi connectivity index (χ4n) is 3.42. The molecule has 0 aliphatic carbocycles. The number of hydrogen-bond acceptors (Lipinski definition) is 7. The predicted molar refractivity (Wildman–Crippen MR) is 116 cm³/mol. The number of ether oxygens (including phenoxy) is 1. The topological polar surface area (TPSA) is 66.4 Å². The average Bonchev–Trinajstić information content (AvgIpc) is 2.76. The van der Waals surface area contributed by atoms with Crippen molar-refractivity contribution >= 4 is 23.3 Å². The molecule has 1 N–H and O–H groups in total. The molecule has 0 saturated carbocycles. The highest BCUT2D eigenvalue weighted by Gasteiger charge is 2.20. The Morgan fingerprint density at radius 3 is 2.48 bits per heavy atom. The summed E-state index contributed by atoms with van der Waals surface area (Å²) in [5.74, 6) is 3.36. The molecule has 29 heavy (non-hydrogen) atoms. The molecule has 2 aromatic heterocycles. The quantitative estimate of drug-likeness (QED) is 0.689. The second-order valence-electron chi connectivity index (χ2n) is 6.91. The fourth-order valence-corrected chi connectivity index (χ4v) is 3.42. The monoisotopic (exact) mass is 390 g/mol. The fraction of sp³-hybridized carbons (Fsp3) is 0.318. The lowest BCUT2D eigenvalue weighted by Crippen LogP contribution is -2.47. The number of anilines is 4. The number of para-hydroxylation sites is 2. The molecule has 0 atom stereocenters. The van der Waals surface area contributed by atoms with Crippen LogP contribution in [0.15, 0.2) is 54.7 Å². The molecule has 1 aliphatic heterocycles. The van der Waals surface area contributed by atoms with Gasteiger partial charge in [0.05, 0.1) is 12.3 Å². The molecule has 0 radical (unpaired) electrons. The van der Waals surface area contributed by atoms with Crippen LogP contribution in [0, 0.1) is 6.92 Å². The zero-order chi connectivity index (χ0) is 20.1. The van der Waals surface area contributed by atoms with Gasteiger partial charge < -0.3 is 19.9 Å². The average molecular weight is 390 g/mol. The summed E-state index contributed by atoms with van der Waals surface area (Å²) in [5, 5.41) is 3.39. The zero-order valence-electron chi connectivity index (χ0n) is 16.9. The van der Waals surface area contributed by atoms with Crippen molar-refractivity contribution in [3.8, 4) is 5.75 Å². The maximum Gasteiger partial charge on any atom is 0.227 e. The van der Waals surface area contributed by atoms with Gasteiger partial charge in [-0.25, -0.2) is 9.97 Å². The molecular weight excluding hydrogens is 364 g/mol. The van der Waals surface area contributed by atoms with E-state index in [0.717, 1.165) is 60.9 Å². The van der Waals surface area contributed by atoms with Crippen LogP contribution in [0.1, 0.15) is 12.6 Å². The van der Waals surface area contributed by atoms with Gasteiger partial charge in [-0.05, 0) is 38.1 Å². The van der Waals surface area contributed by atoms with E-state index in [1.54, 1.807) is 0 Å². The number of aromatic nitrogens is 3. The highest BCUT2D eigenvalue weighted by Crippen LogP contribution is 2.27. The molecule has 7 heteroatoms. The van der Waals surface area contributed by atoms with Crippen molar-refractivity contribution in [2.75, 3.05) is 47.9 Å². The van der Waals surface area contributed by atoms with Gasteiger partial charge in [0.15, 0.2) is 0 Å². The van der Waals surface area contributed by atoms with Gasteiger partial charge in [0, 0.05) is 44.1 Å². The lowest BCUT2D eigenvalue weighted by atomic mass is 10.3. The molecule has 3 aromatic rings. The van der Waals surface area contributed by atoms with Crippen LogP contribution in [-0.4, -0.2) is 47.7 Å². The number of aryl methyl sites for hydroxylation is 1. The zero-order valence-corrected chi connectivity index (χ0v) is 16.9. The molecule has 1 aliphatic rings. The number of nitrogens with one attached hydrogen (secondary N) is 1. The van der Waals surface area contributed by atoms with Gasteiger partial charge in [-0.1, -0.05) is 18.2 Å². The molecular formula is C22H26N6O. The molecule has 1 aromatic carbocycles. The Morgan fingerprint density at radius 2 is 1.72 bits per heavy atom. The van der Waals surface area contributed by atoms with Gasteiger partial charge in [0.2, 0.25) is 5.95 Å². The SMILES string of the molecule is CCOc1ccccc1Nc1cc(C)nc(N2CCN(c3ccccn3)CC2)n1. The van der Waals surface area contributed by atoms with E-state index in [9.17, 15) is 0 Å². The maximum atomic E-state index is 5.71. The van der Waals surface area contributed by atoms with Crippen molar-refractivity contribution in [3.05, 3.63) is 60.4 Å². The van der Waals surface area contributed by atoms with E-state index in [2.05, 4.69) is 31.2 Å². The lowest BCUT2D eigenvalue weighted by Gasteiger charge is -2.35. The van der Waals surface area contributed by atoms with Crippen molar-refractivity contribution in [1.82, 2.24) is 15.0 Å². The third kappa shape index (κ3) is 4.56. The third-order valence-corrected chi connectivity index (χ3v) is 4.83. The summed E-state index contributed by atoms with van der Waals surface area (Å²) in [6.07, 6.45) is 1.84. The minimum absolute atomic E-state index is 0.618. The predicted octanol–water partition coefficient (Wildman–Crippen LogP) is 3.65. The number of rotatable bonds is 6. The first kappa shape index (κ1) is 19.0. The number of hydrogen-bond donors (Lipinski definition) is 1. The summed E-state index contributed by atoms with van der Waals surface area (Å²) < 4.78 is 5.71. The number of piperazine rings is 1. The van der Waals surface area contributed by atoms with Gasteiger partial charge in [0.25, 0.3) is 0 Å². The van der Waals surface area contributed by atoms with Crippen LogP contribution < -0.4 is 19.9 Å². The maximum absolute atomic E-state index is 5.71. The van der Waals surface area contributed by atoms with Crippen LogP contribution >= 0.6 is 0 Å². The van der Waals surface area contributed by atoms with Crippen molar-refractivity contribution in [3.63, 3.8) is 0 Å². The Kier molecular flexibility index (Phi) is 5.74. The number of pyridine rings is 1. The minimum Gasteiger partial charge on any atom is -0.492 e. The van der Waals surface area contributed by atoms with E-state index in [-0.39, 0.29) is 0 Å². The van der Waals surface area contributed by atoms with E-state index in [0.29, 0.717) is 6.61 Å². The summed E-state index contributed by atoms with van der Waals surface area (Å²) >= 11 is 0. The molecule has 3 heterocycles. The first-order valence-electron chi connectivity index (χ1n) is 9.98. The van der Waals surface area contributed by atoms with E-state index in [1.807, 2.05) is 62.5 Å². The van der Waals surface area contributed by atoms with Gasteiger partial charge in [-0.3, -0.25) is 0 Å². The summed E-state index contributed by atoms with van der Waals surface area (Å²) in [6, 6.07) is 15.9. The van der Waals surface area contributed by atoms with Crippen molar-refractivity contribution in [2.24, 2.45) is 0 Å². The molecule has 1 fully saturated rings. The van der Waals surface area contributed by atoms with Crippen LogP contribution in [0.5, 0.6) is 5.75 Å². The molecule has 0 spiro atoms. The summed E-state index contributed by atoms with van der Waals surface area (Å²) in [5.41, 5.74) is 1.83. The highest BCUT2D eigenvalue weighted by atomic mass is 16.5. The normalized spacial score (nSPS) is 14.0. The van der Waals surface area contributed by atoms with Crippen molar-refractivity contribution in [2.45, 2.75) is 13.8 Å². The first-order valence-corrected chi connectivity index (χ1v) is 9.98. The van der Waals surface area contributed by atoms with E-state index >= 15 is 0 Å². The Balaban J connectivity index is 1.48. The molecule has 0 unspecified atom stereocenters. The number of benzene rings is 1. The summed E-state index contributed by atoms with van der Waals surface area (Å²) in [6.45, 7) is 8.09. The van der Waals surface area contributed by atoms with E-state index in [4.69, 9.17) is 9.72 Å². The molecule has 7 nitrogen and oxygen atoms in total. The van der Waals surface area contributed by atoms with Crippen LogP contribution in [-0.2, 0) is 0 Å². The Hall–Kier alpha value is -3.35. The standard InChI is InChI=1S/C22H26N6O/c1-3-29-19-9-5-4-8-18(19)25-20-16-17(2)24-22(26-20)28-14-12-27(13-15-28)21-10-6-7-11-23-21/h4-11,16H,3,12-15H2,1-2H3,(H,24,25,26). The van der Waals surface area contributed by atoms with Gasteiger partial charge in [-0.2, -0.15) is 4.98 Å². The van der Waals surface area contributed by atoms with Crippen LogP contribution in [0.25, 0.3) is 0 Å². The van der Waals surface area contributed by atoms with Gasteiger partial charge in [-0.15, -0.1) is 0 Å². The highest BCUT2D eigenvalue weighted by molar-refractivity contribution is 5.65. The molecule has 0 amide bonds. The molecule has 150 valence electrons. The van der Waals surface area contributed by atoms with Gasteiger partial charge >= 0.3 is 0 Å². The van der Waals surface area contributed by atoms with Crippen LogP contribution in [0.2, 0.25) is 0 Å².